The van der Waals surface area contributed by atoms with Crippen LogP contribution in [0.5, 0.6) is 0 Å². The fourth-order valence-corrected chi connectivity index (χ4v) is 2.76. The van der Waals surface area contributed by atoms with Crippen molar-refractivity contribution in [1.82, 2.24) is 0 Å². The predicted molar refractivity (Wildman–Crippen MR) is 98.2 cm³/mol. The summed E-state index contributed by atoms with van der Waals surface area (Å²) in [6.45, 7) is 0. The van der Waals surface area contributed by atoms with Crippen molar-refractivity contribution < 1.29 is 4.79 Å². The van der Waals surface area contributed by atoms with Crippen molar-refractivity contribution in [2.24, 2.45) is 10.7 Å². The molecule has 0 radical (unpaired) electrons. The van der Waals surface area contributed by atoms with E-state index in [0.717, 1.165) is 24.1 Å². The van der Waals surface area contributed by atoms with Gasteiger partial charge >= 0.3 is 0 Å². The second kappa shape index (κ2) is 6.89. The molecule has 1 saturated carbocycles. The van der Waals surface area contributed by atoms with Gasteiger partial charge in [0.25, 0.3) is 5.91 Å². The lowest BCUT2D eigenvalue weighted by Gasteiger charge is -2.11. The zero-order valence-electron chi connectivity index (χ0n) is 13.1. The molecule has 0 aromatic heterocycles. The number of anilines is 1. The Hall–Kier alpha value is -2.59. The number of carbonyl (C=O) groups is 1. The zero-order valence-corrected chi connectivity index (χ0v) is 13.8. The van der Waals surface area contributed by atoms with Crippen LogP contribution in [0.1, 0.15) is 18.4 Å². The highest BCUT2D eigenvalue weighted by atomic mass is 35.5. The lowest BCUT2D eigenvalue weighted by molar-refractivity contribution is -0.120. The molecule has 3 rings (SSSR count). The Labute approximate surface area is 146 Å². The van der Waals surface area contributed by atoms with Gasteiger partial charge in [0.2, 0.25) is 0 Å². The van der Waals surface area contributed by atoms with Crippen LogP contribution in [0.3, 0.4) is 0 Å². The fourth-order valence-electron chi connectivity index (χ4n) is 2.57. The maximum Gasteiger partial charge on any atom is 0.258 e. The Morgan fingerprint density at radius 1 is 1.17 bits per heavy atom. The highest BCUT2D eigenvalue weighted by Crippen LogP contribution is 2.49. The first kappa shape index (κ1) is 16.3. The molecule has 0 aliphatic heterocycles. The van der Waals surface area contributed by atoms with Crippen LogP contribution in [0.4, 0.5) is 5.69 Å². The molecule has 122 valence electrons. The number of nitrogens with one attached hydrogen (secondary N) is 1. The van der Waals surface area contributed by atoms with E-state index in [1.165, 1.54) is 0 Å². The predicted octanol–water partition coefficient (Wildman–Crippen LogP) is 3.88. The van der Waals surface area contributed by atoms with Gasteiger partial charge in [-0.1, -0.05) is 48.0 Å². The topological polar surface area (TPSA) is 67.5 Å². The third-order valence-corrected chi connectivity index (χ3v) is 4.28. The van der Waals surface area contributed by atoms with Gasteiger partial charge in [-0.05, 0) is 42.7 Å². The second-order valence-corrected chi connectivity index (χ2v) is 6.21. The Morgan fingerprint density at radius 3 is 2.58 bits per heavy atom. The first-order valence-corrected chi connectivity index (χ1v) is 8.11. The number of amidine groups is 1. The molecule has 0 spiro atoms. The molecule has 0 bridgehead atoms. The van der Waals surface area contributed by atoms with Crippen molar-refractivity contribution in [2.45, 2.75) is 18.3 Å². The first-order chi connectivity index (χ1) is 11.6. The SMILES string of the molecule is NC(/C=C\Nc1cccc(Cl)c1)=NC(=O)C1(c2ccccc2)CC1. The van der Waals surface area contributed by atoms with Crippen molar-refractivity contribution in [2.75, 3.05) is 5.32 Å². The number of amides is 1. The summed E-state index contributed by atoms with van der Waals surface area (Å²) in [5.41, 5.74) is 7.20. The second-order valence-electron chi connectivity index (χ2n) is 5.78. The molecule has 4 nitrogen and oxygen atoms in total. The summed E-state index contributed by atoms with van der Waals surface area (Å²) in [6, 6.07) is 17.0. The summed E-state index contributed by atoms with van der Waals surface area (Å²) in [5, 5.41) is 3.68. The lowest BCUT2D eigenvalue weighted by atomic mass is 9.95. The van der Waals surface area contributed by atoms with Crippen LogP contribution in [0.2, 0.25) is 5.02 Å². The normalized spacial score (nSPS) is 16.1. The van der Waals surface area contributed by atoms with Gasteiger partial charge in [-0.3, -0.25) is 4.79 Å². The smallest absolute Gasteiger partial charge is 0.258 e. The number of nitrogens with zero attached hydrogens (tertiary/aromatic N) is 1. The van der Waals surface area contributed by atoms with Crippen molar-refractivity contribution in [3.05, 3.63) is 77.5 Å². The van der Waals surface area contributed by atoms with Gasteiger partial charge in [0.05, 0.1) is 5.41 Å². The molecule has 1 aliphatic carbocycles. The molecule has 1 fully saturated rings. The molecule has 2 aromatic rings. The van der Waals surface area contributed by atoms with E-state index in [-0.39, 0.29) is 11.7 Å². The molecule has 1 aliphatic rings. The Bertz CT molecular complexity index is 795. The summed E-state index contributed by atoms with van der Waals surface area (Å²) < 4.78 is 0. The van der Waals surface area contributed by atoms with E-state index in [2.05, 4.69) is 10.3 Å². The van der Waals surface area contributed by atoms with E-state index in [4.69, 9.17) is 17.3 Å². The Morgan fingerprint density at radius 2 is 1.92 bits per heavy atom. The summed E-state index contributed by atoms with van der Waals surface area (Å²) >= 11 is 5.91. The molecular formula is C19H18ClN3O. The standard InChI is InChI=1S/C19H18ClN3O/c20-15-7-4-8-16(13-15)22-12-9-17(21)23-18(24)19(10-11-19)14-5-2-1-3-6-14/h1-9,12-13,22H,10-11H2,(H2,21,23,24)/b12-9-. The van der Waals surface area contributed by atoms with E-state index < -0.39 is 5.41 Å². The highest BCUT2D eigenvalue weighted by molar-refractivity contribution is 6.30. The highest BCUT2D eigenvalue weighted by Gasteiger charge is 2.51. The molecule has 0 heterocycles. The lowest BCUT2D eigenvalue weighted by Crippen LogP contribution is -2.22. The quantitative estimate of drug-likeness (QED) is 0.641. The molecule has 0 unspecified atom stereocenters. The summed E-state index contributed by atoms with van der Waals surface area (Å²) in [6.07, 6.45) is 4.84. The largest absolute Gasteiger partial charge is 0.384 e. The molecule has 5 heteroatoms. The van der Waals surface area contributed by atoms with Gasteiger partial charge < -0.3 is 11.1 Å². The Kier molecular flexibility index (Phi) is 4.67. The number of halogens is 1. The van der Waals surface area contributed by atoms with Gasteiger partial charge in [-0.15, -0.1) is 0 Å². The van der Waals surface area contributed by atoms with E-state index in [0.29, 0.717) is 5.02 Å². The monoisotopic (exact) mass is 339 g/mol. The van der Waals surface area contributed by atoms with Crippen LogP contribution in [-0.4, -0.2) is 11.7 Å². The van der Waals surface area contributed by atoms with E-state index in [1.807, 2.05) is 42.5 Å². The third-order valence-electron chi connectivity index (χ3n) is 4.05. The fraction of sp³-hybridized carbons (Fsp3) is 0.158. The van der Waals surface area contributed by atoms with Gasteiger partial charge in [-0.2, -0.15) is 4.99 Å². The molecule has 0 saturated heterocycles. The number of hydrogen-bond acceptors (Lipinski definition) is 2. The van der Waals surface area contributed by atoms with Gasteiger partial charge in [0.15, 0.2) is 0 Å². The summed E-state index contributed by atoms with van der Waals surface area (Å²) in [5.74, 6) is -0.00432. The number of carbonyl (C=O) groups excluding carboxylic acids is 1. The number of hydrogen-bond donors (Lipinski definition) is 2. The van der Waals surface area contributed by atoms with Crippen LogP contribution < -0.4 is 11.1 Å². The van der Waals surface area contributed by atoms with Crippen LogP contribution in [0.25, 0.3) is 0 Å². The van der Waals surface area contributed by atoms with E-state index in [9.17, 15) is 4.79 Å². The van der Waals surface area contributed by atoms with Crippen molar-refractivity contribution in [1.29, 1.82) is 0 Å². The number of nitrogens with two attached hydrogens (primary N) is 1. The molecule has 3 N–H and O–H groups in total. The van der Waals surface area contributed by atoms with E-state index in [1.54, 1.807) is 24.4 Å². The number of rotatable bonds is 5. The van der Waals surface area contributed by atoms with Crippen molar-refractivity contribution in [3.8, 4) is 0 Å². The zero-order chi connectivity index (χ0) is 17.0. The molecule has 24 heavy (non-hydrogen) atoms. The van der Waals surface area contributed by atoms with Crippen LogP contribution in [0, 0.1) is 0 Å². The molecule has 2 aromatic carbocycles. The third kappa shape index (κ3) is 3.66. The average molecular weight is 340 g/mol. The minimum Gasteiger partial charge on any atom is -0.384 e. The minimum absolute atomic E-state index is 0.178. The summed E-state index contributed by atoms with van der Waals surface area (Å²) in [7, 11) is 0. The van der Waals surface area contributed by atoms with Crippen LogP contribution >= 0.6 is 11.6 Å². The average Bonchev–Trinajstić information content (AvgIpc) is 3.38. The van der Waals surface area contributed by atoms with Crippen LogP contribution in [0.15, 0.2) is 71.9 Å². The van der Waals surface area contributed by atoms with Crippen molar-refractivity contribution >= 4 is 29.0 Å². The molecular weight excluding hydrogens is 322 g/mol. The van der Waals surface area contributed by atoms with Gasteiger partial charge in [-0.25, -0.2) is 0 Å². The van der Waals surface area contributed by atoms with E-state index >= 15 is 0 Å². The first-order valence-electron chi connectivity index (χ1n) is 7.73. The number of benzene rings is 2. The molecule has 0 atom stereocenters. The van der Waals surface area contributed by atoms with Gasteiger partial charge in [0.1, 0.15) is 5.84 Å². The van der Waals surface area contributed by atoms with Crippen molar-refractivity contribution in [3.63, 3.8) is 0 Å². The summed E-state index contributed by atoms with van der Waals surface area (Å²) in [4.78, 5) is 16.5. The number of aliphatic imine (C=N–C) groups is 1. The molecule has 1 amide bonds. The maximum absolute atomic E-state index is 12.5. The maximum atomic E-state index is 12.5. The van der Waals surface area contributed by atoms with Gasteiger partial charge in [0, 0.05) is 16.9 Å². The minimum atomic E-state index is -0.486. The Balaban J connectivity index is 1.65. The van der Waals surface area contributed by atoms with Crippen LogP contribution in [-0.2, 0) is 10.2 Å².